The van der Waals surface area contributed by atoms with Crippen LogP contribution in [0.5, 0.6) is 0 Å². The Labute approximate surface area is 164 Å². The molecule has 0 aliphatic rings. The third-order valence-electron chi connectivity index (χ3n) is 4.18. The molecule has 8 heteroatoms. The van der Waals surface area contributed by atoms with Crippen LogP contribution in [0, 0.1) is 6.92 Å². The second-order valence-electron chi connectivity index (χ2n) is 7.33. The number of rotatable bonds is 4. The van der Waals surface area contributed by atoms with E-state index in [1.807, 2.05) is 19.1 Å². The van der Waals surface area contributed by atoms with Gasteiger partial charge in [-0.15, -0.1) is 5.10 Å². The molecular formula is C19H21ClN4O2S. The largest absolute Gasteiger partial charge is 0.277 e. The second-order valence-corrected chi connectivity index (χ2v) is 9.45. The van der Waals surface area contributed by atoms with Crippen LogP contribution in [0.1, 0.15) is 32.0 Å². The summed E-state index contributed by atoms with van der Waals surface area (Å²) in [5.41, 5.74) is 2.64. The molecule has 0 aliphatic carbocycles. The fraction of sp³-hybridized carbons (Fsp3) is 0.263. The summed E-state index contributed by atoms with van der Waals surface area (Å²) in [4.78, 5) is 0.187. The topological polar surface area (TPSA) is 76.9 Å². The first-order valence-electron chi connectivity index (χ1n) is 8.38. The van der Waals surface area contributed by atoms with Crippen molar-refractivity contribution in [2.75, 3.05) is 4.72 Å². The average molecular weight is 405 g/mol. The molecule has 1 heterocycles. The van der Waals surface area contributed by atoms with Crippen molar-refractivity contribution in [2.24, 2.45) is 0 Å². The van der Waals surface area contributed by atoms with Crippen LogP contribution < -0.4 is 4.72 Å². The van der Waals surface area contributed by atoms with Gasteiger partial charge in [0, 0.05) is 5.02 Å². The number of sulfonamides is 1. The van der Waals surface area contributed by atoms with Gasteiger partial charge in [0.2, 0.25) is 0 Å². The van der Waals surface area contributed by atoms with Gasteiger partial charge in [0.1, 0.15) is 0 Å². The van der Waals surface area contributed by atoms with E-state index in [-0.39, 0.29) is 10.3 Å². The molecule has 0 saturated carbocycles. The number of anilines is 1. The Morgan fingerprint density at radius 2 is 1.74 bits per heavy atom. The third kappa shape index (κ3) is 4.14. The maximum absolute atomic E-state index is 12.9. The summed E-state index contributed by atoms with van der Waals surface area (Å²) in [6, 6.07) is 11.8. The van der Waals surface area contributed by atoms with E-state index in [0.29, 0.717) is 16.4 Å². The highest BCUT2D eigenvalue weighted by Gasteiger charge is 2.20. The highest BCUT2D eigenvalue weighted by atomic mass is 35.5. The summed E-state index contributed by atoms with van der Waals surface area (Å²) in [6.45, 7) is 8.06. The molecule has 2 aromatic carbocycles. The van der Waals surface area contributed by atoms with Crippen LogP contribution in [-0.2, 0) is 15.4 Å². The predicted octanol–water partition coefficient (Wildman–Crippen LogP) is 4.33. The molecule has 0 aliphatic heterocycles. The summed E-state index contributed by atoms with van der Waals surface area (Å²) in [5, 5.41) is 8.32. The Balaban J connectivity index is 1.98. The van der Waals surface area contributed by atoms with E-state index in [1.165, 1.54) is 4.68 Å². The minimum absolute atomic E-state index is 0.0519. The van der Waals surface area contributed by atoms with Gasteiger partial charge in [0.25, 0.3) is 10.0 Å². The third-order valence-corrected chi connectivity index (χ3v) is 5.80. The van der Waals surface area contributed by atoms with Crippen LogP contribution in [0.2, 0.25) is 5.02 Å². The van der Waals surface area contributed by atoms with Gasteiger partial charge >= 0.3 is 0 Å². The number of aromatic nitrogens is 3. The lowest BCUT2D eigenvalue weighted by molar-refractivity contribution is 0.587. The predicted molar refractivity (Wildman–Crippen MR) is 107 cm³/mol. The fourth-order valence-electron chi connectivity index (χ4n) is 2.63. The van der Waals surface area contributed by atoms with Crippen molar-refractivity contribution < 1.29 is 8.42 Å². The van der Waals surface area contributed by atoms with Crippen molar-refractivity contribution in [2.45, 2.75) is 38.0 Å². The quantitative estimate of drug-likeness (QED) is 0.702. The van der Waals surface area contributed by atoms with Gasteiger partial charge in [-0.05, 0) is 48.2 Å². The number of nitrogens with one attached hydrogen (secondary N) is 1. The summed E-state index contributed by atoms with van der Waals surface area (Å²) in [7, 11) is -3.77. The van der Waals surface area contributed by atoms with E-state index >= 15 is 0 Å². The molecule has 6 nitrogen and oxygen atoms in total. The first-order chi connectivity index (χ1) is 12.6. The summed E-state index contributed by atoms with van der Waals surface area (Å²) in [5.74, 6) is 0. The molecule has 0 atom stereocenters. The fourth-order valence-corrected chi connectivity index (χ4v) is 3.87. The van der Waals surface area contributed by atoms with Crippen molar-refractivity contribution >= 4 is 27.3 Å². The molecule has 3 rings (SSSR count). The van der Waals surface area contributed by atoms with E-state index in [0.717, 1.165) is 11.3 Å². The highest BCUT2D eigenvalue weighted by molar-refractivity contribution is 7.92. The first kappa shape index (κ1) is 19.4. The van der Waals surface area contributed by atoms with Crippen LogP contribution in [0.25, 0.3) is 5.69 Å². The van der Waals surface area contributed by atoms with Gasteiger partial charge in [0.05, 0.1) is 28.2 Å². The van der Waals surface area contributed by atoms with Crippen LogP contribution in [0.3, 0.4) is 0 Å². The second kappa shape index (κ2) is 6.98. The van der Waals surface area contributed by atoms with Crippen LogP contribution >= 0.6 is 11.6 Å². The van der Waals surface area contributed by atoms with E-state index in [4.69, 9.17) is 11.6 Å². The molecule has 27 heavy (non-hydrogen) atoms. The Kier molecular flexibility index (Phi) is 5.01. The van der Waals surface area contributed by atoms with Crippen molar-refractivity contribution in [3.05, 3.63) is 64.9 Å². The smallest absolute Gasteiger partial charge is 0.261 e. The number of hydrogen-bond donors (Lipinski definition) is 1. The van der Waals surface area contributed by atoms with E-state index in [9.17, 15) is 8.42 Å². The van der Waals surface area contributed by atoms with Gasteiger partial charge in [-0.3, -0.25) is 4.72 Å². The lowest BCUT2D eigenvalue weighted by Crippen LogP contribution is -2.16. The van der Waals surface area contributed by atoms with Gasteiger partial charge in [-0.25, -0.2) is 13.1 Å². The van der Waals surface area contributed by atoms with E-state index < -0.39 is 10.0 Å². The zero-order valence-electron chi connectivity index (χ0n) is 15.6. The number of hydrogen-bond acceptors (Lipinski definition) is 4. The lowest BCUT2D eigenvalue weighted by Gasteiger charge is -2.19. The Hall–Kier alpha value is -2.38. The summed E-state index contributed by atoms with van der Waals surface area (Å²) in [6.07, 6.45) is 1.59. The molecule has 0 unspecified atom stereocenters. The van der Waals surface area contributed by atoms with Crippen molar-refractivity contribution in [1.82, 2.24) is 15.0 Å². The number of nitrogens with zero attached hydrogens (tertiary/aromatic N) is 3. The minimum Gasteiger partial charge on any atom is -0.277 e. The SMILES string of the molecule is Cc1cnnn1-c1cc(Cl)ccc1NS(=O)(=O)c1ccc(C(C)(C)C)cc1. The first-order valence-corrected chi connectivity index (χ1v) is 10.2. The molecule has 0 saturated heterocycles. The van der Waals surface area contributed by atoms with Crippen LogP contribution in [0.15, 0.2) is 53.6 Å². The van der Waals surface area contributed by atoms with Crippen molar-refractivity contribution in [3.8, 4) is 5.69 Å². The van der Waals surface area contributed by atoms with Gasteiger partial charge in [-0.2, -0.15) is 0 Å². The van der Waals surface area contributed by atoms with Crippen molar-refractivity contribution in [1.29, 1.82) is 0 Å². The van der Waals surface area contributed by atoms with E-state index in [2.05, 4.69) is 35.8 Å². The standard InChI is InChI=1S/C19H21ClN4O2S/c1-13-12-21-23-24(13)18-11-15(20)7-10-17(18)22-27(25,26)16-8-5-14(6-9-16)19(2,3)4/h5-12,22H,1-4H3. The zero-order valence-corrected chi connectivity index (χ0v) is 17.1. The summed E-state index contributed by atoms with van der Waals surface area (Å²) < 4.78 is 29.9. The molecule has 0 radical (unpaired) electrons. The lowest BCUT2D eigenvalue weighted by atomic mass is 9.87. The van der Waals surface area contributed by atoms with Gasteiger partial charge in [-0.1, -0.05) is 49.7 Å². The number of aryl methyl sites for hydroxylation is 1. The highest BCUT2D eigenvalue weighted by Crippen LogP contribution is 2.28. The van der Waals surface area contributed by atoms with Crippen LogP contribution in [-0.4, -0.2) is 23.4 Å². The van der Waals surface area contributed by atoms with E-state index in [1.54, 1.807) is 36.5 Å². The Morgan fingerprint density at radius 3 is 2.30 bits per heavy atom. The zero-order chi connectivity index (χ0) is 19.8. The molecule has 0 spiro atoms. The molecule has 0 amide bonds. The van der Waals surface area contributed by atoms with Gasteiger partial charge < -0.3 is 0 Å². The monoisotopic (exact) mass is 404 g/mol. The maximum Gasteiger partial charge on any atom is 0.261 e. The summed E-state index contributed by atoms with van der Waals surface area (Å²) >= 11 is 6.10. The number of halogens is 1. The molecule has 1 N–H and O–H groups in total. The average Bonchev–Trinajstić information content (AvgIpc) is 3.01. The molecule has 142 valence electrons. The van der Waals surface area contributed by atoms with Crippen LogP contribution in [0.4, 0.5) is 5.69 Å². The normalized spacial score (nSPS) is 12.2. The minimum atomic E-state index is -3.77. The maximum atomic E-state index is 12.9. The Bertz CT molecular complexity index is 1070. The molecular weight excluding hydrogens is 384 g/mol. The Morgan fingerprint density at radius 1 is 1.07 bits per heavy atom. The molecule has 1 aromatic heterocycles. The number of benzene rings is 2. The molecule has 0 bridgehead atoms. The van der Waals surface area contributed by atoms with Crippen molar-refractivity contribution in [3.63, 3.8) is 0 Å². The molecule has 0 fully saturated rings. The van der Waals surface area contributed by atoms with Gasteiger partial charge in [0.15, 0.2) is 0 Å². The molecule has 3 aromatic rings.